The van der Waals surface area contributed by atoms with Crippen LogP contribution in [0.3, 0.4) is 0 Å². The Morgan fingerprint density at radius 2 is 2.17 bits per heavy atom. The molecule has 0 unspecified atom stereocenters. The van der Waals surface area contributed by atoms with Crippen LogP contribution in [-0.2, 0) is 4.79 Å². The molecule has 1 aromatic rings. The number of carbonyl (C=O) groups is 2. The maximum absolute atomic E-state index is 12.3. The number of piperidine rings is 1. The van der Waals surface area contributed by atoms with Gasteiger partial charge in [-0.05, 0) is 26.7 Å². The summed E-state index contributed by atoms with van der Waals surface area (Å²) in [5.41, 5.74) is 1.01. The molecule has 0 aromatic carbocycles. The predicted octanol–water partition coefficient (Wildman–Crippen LogP) is 1.23. The summed E-state index contributed by atoms with van der Waals surface area (Å²) < 4.78 is 4.97. The summed E-state index contributed by atoms with van der Waals surface area (Å²) in [5, 5.41) is 12.8. The highest BCUT2D eigenvalue weighted by Gasteiger charge is 2.31. The van der Waals surface area contributed by atoms with E-state index in [9.17, 15) is 9.59 Å². The standard InChI is InChI=1S/C12H16N2O4/c1-7-10(8(2)18-13-7)11(15)14-5-3-4-9(6-14)12(16)17/h9H,3-6H2,1-2H3,(H,16,17)/t9-/m1/s1. The number of carbonyl (C=O) groups excluding carboxylic acids is 1. The number of rotatable bonds is 2. The van der Waals surface area contributed by atoms with Crippen LogP contribution in [0.1, 0.15) is 34.7 Å². The summed E-state index contributed by atoms with van der Waals surface area (Å²) in [5.74, 6) is -1.01. The molecule has 0 spiro atoms. The Labute approximate surface area is 105 Å². The van der Waals surface area contributed by atoms with Gasteiger partial charge in [-0.1, -0.05) is 5.16 Å². The molecule has 1 aromatic heterocycles. The third-order valence-electron chi connectivity index (χ3n) is 3.31. The maximum Gasteiger partial charge on any atom is 0.308 e. The molecule has 1 atom stereocenters. The van der Waals surface area contributed by atoms with Crippen LogP contribution in [0.2, 0.25) is 0 Å². The van der Waals surface area contributed by atoms with Gasteiger partial charge in [-0.15, -0.1) is 0 Å². The predicted molar refractivity (Wildman–Crippen MR) is 62.2 cm³/mol. The van der Waals surface area contributed by atoms with E-state index in [0.717, 1.165) is 0 Å². The second-order valence-electron chi connectivity index (χ2n) is 4.63. The lowest BCUT2D eigenvalue weighted by atomic mass is 9.97. The summed E-state index contributed by atoms with van der Waals surface area (Å²) in [7, 11) is 0. The van der Waals surface area contributed by atoms with Gasteiger partial charge in [0.05, 0.1) is 11.6 Å². The summed E-state index contributed by atoms with van der Waals surface area (Å²) in [6.45, 7) is 4.25. The first-order valence-electron chi connectivity index (χ1n) is 5.95. The van der Waals surface area contributed by atoms with Crippen LogP contribution in [0.15, 0.2) is 4.52 Å². The van der Waals surface area contributed by atoms with E-state index in [-0.39, 0.29) is 12.5 Å². The molecule has 1 saturated heterocycles. The molecular formula is C12H16N2O4. The summed E-state index contributed by atoms with van der Waals surface area (Å²) >= 11 is 0. The first kappa shape index (κ1) is 12.6. The minimum absolute atomic E-state index is 0.183. The fourth-order valence-electron chi connectivity index (χ4n) is 2.31. The molecule has 1 amide bonds. The first-order valence-corrected chi connectivity index (χ1v) is 5.95. The number of likely N-dealkylation sites (tertiary alicyclic amines) is 1. The quantitative estimate of drug-likeness (QED) is 0.855. The molecule has 0 saturated carbocycles. The molecular weight excluding hydrogens is 236 g/mol. The lowest BCUT2D eigenvalue weighted by Gasteiger charge is -2.30. The van der Waals surface area contributed by atoms with Gasteiger partial charge in [0.1, 0.15) is 11.3 Å². The van der Waals surface area contributed by atoms with Gasteiger partial charge in [-0.2, -0.15) is 0 Å². The van der Waals surface area contributed by atoms with Gasteiger partial charge in [0.2, 0.25) is 0 Å². The monoisotopic (exact) mass is 252 g/mol. The molecule has 1 N–H and O–H groups in total. The number of hydrogen-bond donors (Lipinski definition) is 1. The SMILES string of the molecule is Cc1noc(C)c1C(=O)N1CCC[C@@H](C(=O)O)C1. The van der Waals surface area contributed by atoms with E-state index < -0.39 is 11.9 Å². The van der Waals surface area contributed by atoms with Crippen molar-refractivity contribution in [3.63, 3.8) is 0 Å². The van der Waals surface area contributed by atoms with Crippen LogP contribution < -0.4 is 0 Å². The van der Waals surface area contributed by atoms with Crippen molar-refractivity contribution in [3.8, 4) is 0 Å². The van der Waals surface area contributed by atoms with Crippen molar-refractivity contribution in [2.24, 2.45) is 5.92 Å². The van der Waals surface area contributed by atoms with E-state index in [1.165, 1.54) is 0 Å². The number of nitrogens with zero attached hydrogens (tertiary/aromatic N) is 2. The molecule has 2 heterocycles. The highest BCUT2D eigenvalue weighted by atomic mass is 16.5. The van der Waals surface area contributed by atoms with Gasteiger partial charge < -0.3 is 14.5 Å². The average Bonchev–Trinajstić information content (AvgIpc) is 2.68. The first-order chi connectivity index (χ1) is 8.50. The van der Waals surface area contributed by atoms with Crippen LogP contribution in [0, 0.1) is 19.8 Å². The Balaban J connectivity index is 2.17. The number of aromatic nitrogens is 1. The summed E-state index contributed by atoms with van der Waals surface area (Å²) in [6.07, 6.45) is 1.34. The molecule has 18 heavy (non-hydrogen) atoms. The third kappa shape index (κ3) is 2.23. The minimum Gasteiger partial charge on any atom is -0.481 e. The highest BCUT2D eigenvalue weighted by Crippen LogP contribution is 2.21. The van der Waals surface area contributed by atoms with Gasteiger partial charge >= 0.3 is 5.97 Å². The van der Waals surface area contributed by atoms with E-state index in [1.54, 1.807) is 18.7 Å². The zero-order chi connectivity index (χ0) is 13.3. The van der Waals surface area contributed by atoms with Gasteiger partial charge in [0.15, 0.2) is 0 Å². The van der Waals surface area contributed by atoms with Crippen molar-refractivity contribution in [3.05, 3.63) is 17.0 Å². The van der Waals surface area contributed by atoms with Crippen molar-refractivity contribution in [1.82, 2.24) is 10.1 Å². The molecule has 1 fully saturated rings. The maximum atomic E-state index is 12.3. The Kier molecular flexibility index (Phi) is 3.36. The molecule has 6 nitrogen and oxygen atoms in total. The molecule has 98 valence electrons. The van der Waals surface area contributed by atoms with Crippen LogP contribution in [0.25, 0.3) is 0 Å². The number of aryl methyl sites for hydroxylation is 2. The Hall–Kier alpha value is -1.85. The Bertz CT molecular complexity index is 461. The topological polar surface area (TPSA) is 83.6 Å². The van der Waals surface area contributed by atoms with Gasteiger partial charge in [-0.3, -0.25) is 9.59 Å². The zero-order valence-electron chi connectivity index (χ0n) is 10.5. The van der Waals surface area contributed by atoms with E-state index in [1.807, 2.05) is 0 Å². The van der Waals surface area contributed by atoms with E-state index in [2.05, 4.69) is 5.16 Å². The smallest absolute Gasteiger partial charge is 0.308 e. The molecule has 0 bridgehead atoms. The molecule has 1 aliphatic rings. The lowest BCUT2D eigenvalue weighted by Crippen LogP contribution is -2.42. The second kappa shape index (κ2) is 4.80. The van der Waals surface area contributed by atoms with E-state index in [0.29, 0.717) is 36.4 Å². The molecule has 2 rings (SSSR count). The van der Waals surface area contributed by atoms with E-state index >= 15 is 0 Å². The second-order valence-corrected chi connectivity index (χ2v) is 4.63. The molecule has 0 radical (unpaired) electrons. The van der Waals surface area contributed by atoms with Crippen LogP contribution in [0.4, 0.5) is 0 Å². The summed E-state index contributed by atoms with van der Waals surface area (Å²) in [6, 6.07) is 0. The van der Waals surface area contributed by atoms with Gasteiger partial charge in [0, 0.05) is 13.1 Å². The normalized spacial score (nSPS) is 19.9. The van der Waals surface area contributed by atoms with Crippen LogP contribution >= 0.6 is 0 Å². The Morgan fingerprint density at radius 1 is 1.44 bits per heavy atom. The van der Waals surface area contributed by atoms with Gasteiger partial charge in [0.25, 0.3) is 5.91 Å². The number of amides is 1. The number of hydrogen-bond acceptors (Lipinski definition) is 4. The van der Waals surface area contributed by atoms with Crippen molar-refractivity contribution >= 4 is 11.9 Å². The van der Waals surface area contributed by atoms with Crippen LogP contribution in [-0.4, -0.2) is 40.1 Å². The van der Waals surface area contributed by atoms with Crippen molar-refractivity contribution in [2.45, 2.75) is 26.7 Å². The minimum atomic E-state index is -0.841. The van der Waals surface area contributed by atoms with Crippen molar-refractivity contribution < 1.29 is 19.2 Å². The lowest BCUT2D eigenvalue weighted by molar-refractivity contribution is -0.143. The van der Waals surface area contributed by atoms with Crippen LogP contribution in [0.5, 0.6) is 0 Å². The van der Waals surface area contributed by atoms with Crippen molar-refractivity contribution in [1.29, 1.82) is 0 Å². The molecule has 0 aliphatic carbocycles. The number of carboxylic acids is 1. The fourth-order valence-corrected chi connectivity index (χ4v) is 2.31. The van der Waals surface area contributed by atoms with Crippen molar-refractivity contribution in [2.75, 3.05) is 13.1 Å². The molecule has 1 aliphatic heterocycles. The zero-order valence-corrected chi connectivity index (χ0v) is 10.5. The highest BCUT2D eigenvalue weighted by molar-refractivity contribution is 5.96. The molecule has 6 heteroatoms. The average molecular weight is 252 g/mol. The fraction of sp³-hybridized carbons (Fsp3) is 0.583. The number of carboxylic acid groups (broad SMARTS) is 1. The largest absolute Gasteiger partial charge is 0.481 e. The summed E-state index contributed by atoms with van der Waals surface area (Å²) in [4.78, 5) is 24.9. The van der Waals surface area contributed by atoms with Gasteiger partial charge in [-0.25, -0.2) is 0 Å². The Morgan fingerprint density at radius 3 is 2.72 bits per heavy atom. The number of aliphatic carboxylic acids is 1. The van der Waals surface area contributed by atoms with E-state index in [4.69, 9.17) is 9.63 Å². The third-order valence-corrected chi connectivity index (χ3v) is 3.31.